The Morgan fingerprint density at radius 3 is 2.68 bits per heavy atom. The first-order chi connectivity index (χ1) is 9.18. The van der Waals surface area contributed by atoms with Crippen LogP contribution in [0.1, 0.15) is 44.2 Å². The standard InChI is InChI=1S/C16H24N2O/c1-12-7-5-6-10-14(12)11-18-16(19)15(17)13-8-3-2-4-9-13/h2-4,8-9,12,14-15H,5-7,10-11,17H2,1H3,(H,18,19)/t12?,14?,15-/m0/s1. The molecule has 1 saturated carbocycles. The third-order valence-electron chi connectivity index (χ3n) is 4.27. The number of benzene rings is 1. The number of rotatable bonds is 4. The molecule has 1 aliphatic carbocycles. The summed E-state index contributed by atoms with van der Waals surface area (Å²) in [6.45, 7) is 3.05. The zero-order chi connectivity index (χ0) is 13.7. The van der Waals surface area contributed by atoms with Crippen LogP contribution in [0.2, 0.25) is 0 Å². The topological polar surface area (TPSA) is 55.1 Å². The molecule has 0 bridgehead atoms. The molecule has 104 valence electrons. The van der Waals surface area contributed by atoms with Crippen LogP contribution in [0, 0.1) is 11.8 Å². The highest BCUT2D eigenvalue weighted by Gasteiger charge is 2.23. The molecule has 1 aromatic carbocycles. The fourth-order valence-electron chi connectivity index (χ4n) is 2.85. The summed E-state index contributed by atoms with van der Waals surface area (Å²) in [6.07, 6.45) is 5.12. The number of hydrogen-bond acceptors (Lipinski definition) is 2. The molecule has 0 heterocycles. The van der Waals surface area contributed by atoms with Gasteiger partial charge in [-0.3, -0.25) is 4.79 Å². The Kier molecular flexibility index (Phi) is 4.97. The van der Waals surface area contributed by atoms with E-state index in [1.54, 1.807) is 0 Å². The highest BCUT2D eigenvalue weighted by atomic mass is 16.2. The Hall–Kier alpha value is -1.35. The summed E-state index contributed by atoms with van der Waals surface area (Å²) in [4.78, 5) is 12.1. The van der Waals surface area contributed by atoms with Gasteiger partial charge in [0.05, 0.1) is 0 Å². The summed E-state index contributed by atoms with van der Waals surface area (Å²) in [5, 5.41) is 3.02. The molecule has 1 aliphatic rings. The fourth-order valence-corrected chi connectivity index (χ4v) is 2.85. The molecule has 3 nitrogen and oxygen atoms in total. The number of carbonyl (C=O) groups is 1. The second-order valence-corrected chi connectivity index (χ2v) is 5.66. The lowest BCUT2D eigenvalue weighted by atomic mass is 9.80. The minimum Gasteiger partial charge on any atom is -0.354 e. The molecule has 1 aromatic rings. The average Bonchev–Trinajstić information content (AvgIpc) is 2.46. The first-order valence-electron chi connectivity index (χ1n) is 7.26. The monoisotopic (exact) mass is 260 g/mol. The summed E-state index contributed by atoms with van der Waals surface area (Å²) in [7, 11) is 0. The third-order valence-corrected chi connectivity index (χ3v) is 4.27. The second kappa shape index (κ2) is 6.71. The molecule has 1 fully saturated rings. The minimum absolute atomic E-state index is 0.0658. The van der Waals surface area contributed by atoms with Gasteiger partial charge in [0.2, 0.25) is 5.91 Å². The molecule has 3 atom stereocenters. The van der Waals surface area contributed by atoms with E-state index in [0.717, 1.165) is 12.1 Å². The van der Waals surface area contributed by atoms with Crippen molar-refractivity contribution in [1.82, 2.24) is 5.32 Å². The molecule has 3 N–H and O–H groups in total. The van der Waals surface area contributed by atoms with Crippen LogP contribution in [0.15, 0.2) is 30.3 Å². The van der Waals surface area contributed by atoms with Gasteiger partial charge in [-0.15, -0.1) is 0 Å². The maximum atomic E-state index is 12.1. The van der Waals surface area contributed by atoms with Crippen molar-refractivity contribution in [2.24, 2.45) is 17.6 Å². The Bertz CT molecular complexity index is 404. The van der Waals surface area contributed by atoms with Crippen molar-refractivity contribution in [3.63, 3.8) is 0 Å². The van der Waals surface area contributed by atoms with Crippen LogP contribution in [0.4, 0.5) is 0 Å². The number of nitrogens with one attached hydrogen (secondary N) is 1. The number of nitrogens with two attached hydrogens (primary N) is 1. The van der Waals surface area contributed by atoms with E-state index in [0.29, 0.717) is 11.8 Å². The van der Waals surface area contributed by atoms with Crippen molar-refractivity contribution in [3.8, 4) is 0 Å². The van der Waals surface area contributed by atoms with Gasteiger partial charge in [-0.1, -0.05) is 56.5 Å². The Morgan fingerprint density at radius 1 is 1.32 bits per heavy atom. The van der Waals surface area contributed by atoms with Gasteiger partial charge in [0.1, 0.15) is 6.04 Å². The van der Waals surface area contributed by atoms with Gasteiger partial charge in [-0.2, -0.15) is 0 Å². The van der Waals surface area contributed by atoms with E-state index in [1.165, 1.54) is 25.7 Å². The summed E-state index contributed by atoms with van der Waals surface area (Å²) in [5.41, 5.74) is 6.85. The van der Waals surface area contributed by atoms with Gasteiger partial charge < -0.3 is 11.1 Å². The predicted molar refractivity (Wildman–Crippen MR) is 77.5 cm³/mol. The van der Waals surface area contributed by atoms with Crippen LogP contribution in [0.5, 0.6) is 0 Å². The summed E-state index contributed by atoms with van der Waals surface area (Å²) < 4.78 is 0. The zero-order valence-corrected chi connectivity index (χ0v) is 11.6. The Labute approximate surface area is 115 Å². The van der Waals surface area contributed by atoms with E-state index >= 15 is 0 Å². The zero-order valence-electron chi connectivity index (χ0n) is 11.6. The van der Waals surface area contributed by atoms with Crippen molar-refractivity contribution in [2.45, 2.75) is 38.6 Å². The van der Waals surface area contributed by atoms with Crippen molar-refractivity contribution in [3.05, 3.63) is 35.9 Å². The van der Waals surface area contributed by atoms with E-state index in [9.17, 15) is 4.79 Å². The lowest BCUT2D eigenvalue weighted by Crippen LogP contribution is -2.38. The van der Waals surface area contributed by atoms with E-state index in [2.05, 4.69) is 12.2 Å². The van der Waals surface area contributed by atoms with E-state index in [-0.39, 0.29) is 5.91 Å². The molecule has 2 rings (SSSR count). The highest BCUT2D eigenvalue weighted by Crippen LogP contribution is 2.28. The molecule has 0 aromatic heterocycles. The lowest BCUT2D eigenvalue weighted by molar-refractivity contribution is -0.122. The van der Waals surface area contributed by atoms with Crippen LogP contribution in [0.25, 0.3) is 0 Å². The van der Waals surface area contributed by atoms with Gasteiger partial charge in [-0.25, -0.2) is 0 Å². The van der Waals surface area contributed by atoms with Crippen LogP contribution in [0.3, 0.4) is 0 Å². The van der Waals surface area contributed by atoms with E-state index in [1.807, 2.05) is 30.3 Å². The van der Waals surface area contributed by atoms with Crippen molar-refractivity contribution in [2.75, 3.05) is 6.54 Å². The predicted octanol–water partition coefficient (Wildman–Crippen LogP) is 2.63. The van der Waals surface area contributed by atoms with Gasteiger partial charge in [-0.05, 0) is 23.8 Å². The molecule has 1 amide bonds. The fraction of sp³-hybridized carbons (Fsp3) is 0.562. The number of amides is 1. The molecule has 0 aliphatic heterocycles. The maximum absolute atomic E-state index is 12.1. The normalized spacial score (nSPS) is 24.7. The molecule has 2 unspecified atom stereocenters. The Balaban J connectivity index is 1.84. The van der Waals surface area contributed by atoms with Crippen LogP contribution >= 0.6 is 0 Å². The summed E-state index contributed by atoms with van der Waals surface area (Å²) in [5.74, 6) is 1.26. The first kappa shape index (κ1) is 14.1. The van der Waals surface area contributed by atoms with E-state index < -0.39 is 6.04 Å². The van der Waals surface area contributed by atoms with Crippen molar-refractivity contribution in [1.29, 1.82) is 0 Å². The van der Waals surface area contributed by atoms with Gasteiger partial charge in [0.25, 0.3) is 0 Å². The second-order valence-electron chi connectivity index (χ2n) is 5.66. The molecule has 19 heavy (non-hydrogen) atoms. The SMILES string of the molecule is CC1CCCCC1CNC(=O)[C@@H](N)c1ccccc1. The van der Waals surface area contributed by atoms with Gasteiger partial charge >= 0.3 is 0 Å². The average molecular weight is 260 g/mol. The minimum atomic E-state index is -0.555. The molecular weight excluding hydrogens is 236 g/mol. The molecule has 0 saturated heterocycles. The molecule has 0 spiro atoms. The summed E-state index contributed by atoms with van der Waals surface area (Å²) >= 11 is 0. The Morgan fingerprint density at radius 2 is 2.00 bits per heavy atom. The van der Waals surface area contributed by atoms with Crippen LogP contribution in [-0.4, -0.2) is 12.5 Å². The van der Waals surface area contributed by atoms with Gasteiger partial charge in [0, 0.05) is 6.54 Å². The maximum Gasteiger partial charge on any atom is 0.241 e. The number of hydrogen-bond donors (Lipinski definition) is 2. The lowest BCUT2D eigenvalue weighted by Gasteiger charge is -2.29. The van der Waals surface area contributed by atoms with Crippen molar-refractivity contribution >= 4 is 5.91 Å². The number of carbonyl (C=O) groups excluding carboxylic acids is 1. The van der Waals surface area contributed by atoms with Gasteiger partial charge in [0.15, 0.2) is 0 Å². The van der Waals surface area contributed by atoms with Crippen molar-refractivity contribution < 1.29 is 4.79 Å². The molecule has 3 heteroatoms. The first-order valence-corrected chi connectivity index (χ1v) is 7.26. The highest BCUT2D eigenvalue weighted by molar-refractivity contribution is 5.82. The summed E-state index contributed by atoms with van der Waals surface area (Å²) in [6, 6.07) is 8.98. The largest absolute Gasteiger partial charge is 0.354 e. The van der Waals surface area contributed by atoms with Crippen LogP contribution in [-0.2, 0) is 4.79 Å². The molecular formula is C16H24N2O. The quantitative estimate of drug-likeness (QED) is 0.874. The molecule has 0 radical (unpaired) electrons. The van der Waals surface area contributed by atoms with E-state index in [4.69, 9.17) is 5.73 Å². The third kappa shape index (κ3) is 3.80. The smallest absolute Gasteiger partial charge is 0.241 e. The van der Waals surface area contributed by atoms with Crippen LogP contribution < -0.4 is 11.1 Å².